The molecule has 0 fully saturated rings. The predicted octanol–water partition coefficient (Wildman–Crippen LogP) is 7.20. The highest BCUT2D eigenvalue weighted by molar-refractivity contribution is 6.27. The van der Waals surface area contributed by atoms with Gasteiger partial charge in [0.05, 0.1) is 0 Å². The molecular weight excluding hydrogens is 782 g/mol. The van der Waals surface area contributed by atoms with Gasteiger partial charge in [-0.05, 0) is 106 Å². The van der Waals surface area contributed by atoms with Crippen LogP contribution in [0, 0.1) is 0 Å². The molecule has 2 aliphatic heterocycles. The van der Waals surface area contributed by atoms with Crippen LogP contribution in [0.4, 0.5) is 15.7 Å². The van der Waals surface area contributed by atoms with Crippen molar-refractivity contribution in [2.45, 2.75) is 0 Å². The summed E-state index contributed by atoms with van der Waals surface area (Å²) in [5.41, 5.74) is 10.7. The van der Waals surface area contributed by atoms with Gasteiger partial charge in [0.15, 0.2) is 11.4 Å². The minimum absolute atomic E-state index is 0.113. The van der Waals surface area contributed by atoms with Gasteiger partial charge in [0, 0.05) is 76.0 Å². The van der Waals surface area contributed by atoms with Gasteiger partial charge in [0.2, 0.25) is 0 Å². The Morgan fingerprint density at radius 2 is 0.839 bits per heavy atom. The van der Waals surface area contributed by atoms with Gasteiger partial charge in [0.1, 0.15) is 47.1 Å². The lowest BCUT2D eigenvalue weighted by Crippen LogP contribution is -2.39. The molecule has 0 aromatic heterocycles. The van der Waals surface area contributed by atoms with E-state index in [1.165, 1.54) is 0 Å². The van der Waals surface area contributed by atoms with Gasteiger partial charge in [-0.15, -0.1) is 0 Å². The monoisotopic (exact) mass is 836 g/mol. The van der Waals surface area contributed by atoms with Crippen LogP contribution >= 0.6 is 0 Å². The topological polar surface area (TPSA) is 118 Å². The molecule has 0 saturated carbocycles. The van der Waals surface area contributed by atoms with Crippen LogP contribution in [0.15, 0.2) is 204 Å². The number of hydrogen-bond acceptors (Lipinski definition) is 8. The summed E-state index contributed by atoms with van der Waals surface area (Å²) in [6.07, 6.45) is 39.0. The summed E-state index contributed by atoms with van der Waals surface area (Å²) in [5.74, 6) is 0.948. The van der Waals surface area contributed by atoms with Crippen molar-refractivity contribution in [2.24, 2.45) is 0 Å². The fraction of sp³-hybridized carbons (Fsp3) is 0.160. The maximum Gasteiger partial charge on any atom is 0.282 e. The van der Waals surface area contributed by atoms with Gasteiger partial charge in [-0.25, -0.2) is 9.15 Å². The first kappa shape index (κ1) is 47.5. The molecule has 2 heterocycles. The zero-order valence-electron chi connectivity index (χ0n) is 36.4. The molecule has 2 aromatic carbocycles. The molecule has 2 aromatic rings. The normalized spacial score (nSPS) is 16.6. The third-order valence-electron chi connectivity index (χ3n) is 9.10. The number of aliphatic hydroxyl groups excluding tert-OH is 2. The molecule has 0 bridgehead atoms. The van der Waals surface area contributed by atoms with Crippen molar-refractivity contribution in [1.29, 1.82) is 0 Å². The van der Waals surface area contributed by atoms with E-state index >= 15 is 0 Å². The van der Waals surface area contributed by atoms with Crippen molar-refractivity contribution < 1.29 is 43.2 Å². The van der Waals surface area contributed by atoms with E-state index in [1.54, 1.807) is 12.2 Å². The number of allylic oxidation sites excluding steroid dienone is 22. The quantitative estimate of drug-likeness (QED) is 0.212. The number of anilines is 2. The Balaban J connectivity index is 0.000000251. The molecule has 0 amide bonds. The minimum Gasteiger partial charge on any atom is -0.867 e. The van der Waals surface area contributed by atoms with Crippen molar-refractivity contribution in [2.75, 3.05) is 66.2 Å². The fourth-order valence-corrected chi connectivity index (χ4v) is 5.69. The van der Waals surface area contributed by atoms with Gasteiger partial charge in [-0.2, -0.15) is 0 Å². The lowest BCUT2D eigenvalue weighted by Gasteiger charge is -2.12. The van der Waals surface area contributed by atoms with Crippen molar-refractivity contribution in [3.8, 4) is 0 Å². The van der Waals surface area contributed by atoms with E-state index < -0.39 is 7.40 Å². The van der Waals surface area contributed by atoms with Crippen molar-refractivity contribution in [3.63, 3.8) is 0 Å². The third-order valence-corrected chi connectivity index (χ3v) is 9.10. The Hall–Kier alpha value is -7.15. The van der Waals surface area contributed by atoms with Crippen LogP contribution in [0.25, 0.3) is 12.2 Å². The van der Waals surface area contributed by atoms with Gasteiger partial charge in [-0.1, -0.05) is 60.7 Å². The van der Waals surface area contributed by atoms with Gasteiger partial charge in [0.25, 0.3) is 11.9 Å². The highest BCUT2D eigenvalue weighted by Crippen LogP contribution is 2.23. The summed E-state index contributed by atoms with van der Waals surface area (Å²) in [7, 11) is 13.0. The van der Waals surface area contributed by atoms with Crippen molar-refractivity contribution in [1.82, 2.24) is 0 Å². The summed E-state index contributed by atoms with van der Waals surface area (Å²) >= 11 is 0. The molecule has 0 atom stereocenters. The maximum atomic E-state index is 9.94. The summed E-state index contributed by atoms with van der Waals surface area (Å²) in [5, 5.41) is 36.5. The molecule has 320 valence electrons. The fourth-order valence-electron chi connectivity index (χ4n) is 5.69. The molecular formula is C50H54BFN4O6. The van der Waals surface area contributed by atoms with E-state index in [4.69, 9.17) is 19.5 Å². The van der Waals surface area contributed by atoms with E-state index in [2.05, 4.69) is 91.8 Å². The maximum absolute atomic E-state index is 9.94. The molecule has 6 rings (SSSR count). The summed E-state index contributed by atoms with van der Waals surface area (Å²) < 4.78 is 24.8. The summed E-state index contributed by atoms with van der Waals surface area (Å²) in [4.78, 5) is 4.13. The molecule has 12 heteroatoms. The summed E-state index contributed by atoms with van der Waals surface area (Å²) in [6.45, 7) is 0. The molecule has 0 unspecified atom stereocenters. The first-order chi connectivity index (χ1) is 29.5. The molecule has 62 heavy (non-hydrogen) atoms. The van der Waals surface area contributed by atoms with E-state index in [0.717, 1.165) is 56.2 Å². The Morgan fingerprint density at radius 1 is 0.516 bits per heavy atom. The van der Waals surface area contributed by atoms with Crippen LogP contribution in [-0.4, -0.2) is 94.6 Å². The van der Waals surface area contributed by atoms with E-state index in [-0.39, 0.29) is 11.9 Å². The Morgan fingerprint density at radius 3 is 1.13 bits per heavy atom. The van der Waals surface area contributed by atoms with E-state index in [1.807, 2.05) is 141 Å². The number of benzene rings is 2. The van der Waals surface area contributed by atoms with Crippen molar-refractivity contribution in [3.05, 3.63) is 215 Å². The molecule has 2 N–H and O–H groups in total. The largest absolute Gasteiger partial charge is 0.867 e. The predicted molar refractivity (Wildman–Crippen MR) is 249 cm³/mol. The van der Waals surface area contributed by atoms with Crippen molar-refractivity contribution >= 4 is 42.3 Å². The van der Waals surface area contributed by atoms with Crippen LogP contribution < -0.4 is 19.8 Å². The number of aliphatic hydroxyl groups is 2. The molecule has 0 spiro atoms. The van der Waals surface area contributed by atoms with Crippen LogP contribution in [0.2, 0.25) is 0 Å². The number of halogens is 1. The van der Waals surface area contributed by atoms with Crippen LogP contribution in [-0.2, 0) is 9.47 Å². The molecule has 4 aliphatic rings. The second-order valence-corrected chi connectivity index (χ2v) is 14.8. The Bertz CT molecular complexity index is 2220. The standard InChI is InChI=1S/2C25H26N2O2.BFO2/c2*1-26(2)22-12-7-19(8-13-22)5-6-21-17-24(29-25(28)18-21)16-11-20-9-14-23(15-10-20)27(3)4;2-1(3)4/h2*5-18H,1-4H3;/q;;-2/p+2/b2*6-5+;. The molecule has 2 aliphatic carbocycles. The van der Waals surface area contributed by atoms with Gasteiger partial charge < -0.3 is 43.9 Å². The van der Waals surface area contributed by atoms with E-state index in [0.29, 0.717) is 11.5 Å². The van der Waals surface area contributed by atoms with Gasteiger partial charge >= 0.3 is 0 Å². The highest BCUT2D eigenvalue weighted by atomic mass is 19.1. The van der Waals surface area contributed by atoms with Crippen LogP contribution in [0.1, 0.15) is 11.1 Å². The number of hydrogen-bond donors (Lipinski definition) is 2. The highest BCUT2D eigenvalue weighted by Gasteiger charge is 2.10. The Kier molecular flexibility index (Phi) is 18.1. The number of nitrogens with zero attached hydrogens (tertiary/aromatic N) is 4. The van der Waals surface area contributed by atoms with Crippen LogP contribution in [0.5, 0.6) is 0 Å². The zero-order valence-corrected chi connectivity index (χ0v) is 36.4. The zero-order chi connectivity index (χ0) is 45.2. The third kappa shape index (κ3) is 16.5. The van der Waals surface area contributed by atoms with Gasteiger partial charge in [-0.3, -0.25) is 0 Å². The average Bonchev–Trinajstić information content (AvgIpc) is 3.24. The second-order valence-electron chi connectivity index (χ2n) is 14.8. The first-order valence-corrected chi connectivity index (χ1v) is 19.7. The Labute approximate surface area is 365 Å². The van der Waals surface area contributed by atoms with Crippen LogP contribution in [0.3, 0.4) is 0 Å². The molecule has 10 nitrogen and oxygen atoms in total. The number of rotatable bonds is 8. The molecule has 0 saturated heterocycles. The van der Waals surface area contributed by atoms with E-state index in [9.17, 15) is 14.5 Å². The second kappa shape index (κ2) is 23.6. The SMILES string of the molecule is CN(C)c1ccc(/C=C/C2=CC(=CC=C3C=CC(=[N+](C)C)C=C3)OC(O)=C2)cc1.CN(C)c1ccc(/C=C/C2=CC(=CC=C3C=CC(=[N+](C)C)C=C3)OC(O)=C2)cc1.[O-]B([O-])F. The minimum atomic E-state index is -3.17. The lowest BCUT2D eigenvalue weighted by molar-refractivity contribution is -0.462. The smallest absolute Gasteiger partial charge is 0.282 e. The lowest BCUT2D eigenvalue weighted by atomic mass is 10.1. The number of ether oxygens (including phenoxy) is 2. The summed E-state index contributed by atoms with van der Waals surface area (Å²) in [6, 6.07) is 16.6. The first-order valence-electron chi connectivity index (χ1n) is 19.7. The molecule has 0 radical (unpaired) electrons. The average molecular weight is 837 g/mol.